The Morgan fingerprint density at radius 1 is 1.21 bits per heavy atom. The second-order valence-corrected chi connectivity index (χ2v) is 4.96. The Hall–Kier alpha value is -0.590. The third kappa shape index (κ3) is 2.08. The number of fused-ring (bicyclic) bond motifs is 1. The zero-order valence-corrected chi connectivity index (χ0v) is 9.04. The second-order valence-electron chi connectivity index (χ2n) is 4.96. The van der Waals surface area contributed by atoms with Crippen LogP contribution in [0.25, 0.3) is 0 Å². The van der Waals surface area contributed by atoms with E-state index in [1.807, 2.05) is 0 Å². The molecule has 0 heterocycles. The van der Waals surface area contributed by atoms with E-state index in [1.165, 1.54) is 12.8 Å². The molecule has 1 fully saturated rings. The van der Waals surface area contributed by atoms with Crippen molar-refractivity contribution in [2.75, 3.05) is 0 Å². The molecule has 0 unspecified atom stereocenters. The van der Waals surface area contributed by atoms with Gasteiger partial charge in [0.1, 0.15) is 5.78 Å². The quantitative estimate of drug-likeness (QED) is 0.538. The van der Waals surface area contributed by atoms with E-state index in [-0.39, 0.29) is 0 Å². The Bertz CT molecular complexity index is 242. The lowest BCUT2D eigenvalue weighted by Gasteiger charge is -2.30. The third-order valence-corrected chi connectivity index (χ3v) is 3.83. The average molecular weight is 192 g/mol. The van der Waals surface area contributed by atoms with E-state index in [0.717, 1.165) is 31.6 Å². The number of carbonyl (C=O) groups excluding carboxylic acids is 1. The van der Waals surface area contributed by atoms with Crippen LogP contribution in [0.15, 0.2) is 12.2 Å². The maximum atomic E-state index is 11.9. The normalized spacial score (nSPS) is 38.6. The van der Waals surface area contributed by atoms with E-state index in [4.69, 9.17) is 0 Å². The van der Waals surface area contributed by atoms with Crippen LogP contribution < -0.4 is 0 Å². The molecular weight excluding hydrogens is 172 g/mol. The van der Waals surface area contributed by atoms with Crippen LogP contribution in [0.2, 0.25) is 0 Å². The Kier molecular flexibility index (Phi) is 3.05. The van der Waals surface area contributed by atoms with Crippen molar-refractivity contribution < 1.29 is 4.79 Å². The van der Waals surface area contributed by atoms with E-state index < -0.39 is 0 Å². The second kappa shape index (κ2) is 4.29. The predicted molar refractivity (Wildman–Crippen MR) is 58.0 cm³/mol. The van der Waals surface area contributed by atoms with Gasteiger partial charge in [-0.2, -0.15) is 0 Å². The lowest BCUT2D eigenvalue weighted by molar-refractivity contribution is -0.125. The van der Waals surface area contributed by atoms with Gasteiger partial charge in [0.15, 0.2) is 0 Å². The van der Waals surface area contributed by atoms with Crippen molar-refractivity contribution in [3.05, 3.63) is 12.2 Å². The molecule has 2 aliphatic carbocycles. The SMILES string of the molecule is C[C@H]1CCC(=O)[C@@H]2CCC=C[C@@H]2CC1. The monoisotopic (exact) mass is 192 g/mol. The number of carbonyl (C=O) groups is 1. The number of Topliss-reactive ketones (excluding diaryl/α,β-unsaturated/α-hetero) is 1. The standard InChI is InChI=1S/C13H20O/c1-10-6-8-11-4-2-3-5-12(11)13(14)9-7-10/h2,4,10-12H,3,5-9H2,1H3/t10-,11-,12-/m1/s1. The molecule has 2 aliphatic rings. The molecule has 0 aromatic rings. The summed E-state index contributed by atoms with van der Waals surface area (Å²) < 4.78 is 0. The van der Waals surface area contributed by atoms with Crippen molar-refractivity contribution in [3.63, 3.8) is 0 Å². The number of allylic oxidation sites excluding steroid dienone is 2. The molecule has 0 aromatic heterocycles. The van der Waals surface area contributed by atoms with E-state index in [1.54, 1.807) is 0 Å². The molecule has 0 saturated heterocycles. The minimum Gasteiger partial charge on any atom is -0.299 e. The first kappa shape index (κ1) is 9.95. The summed E-state index contributed by atoms with van der Waals surface area (Å²) in [6, 6.07) is 0. The van der Waals surface area contributed by atoms with Gasteiger partial charge in [-0.05, 0) is 37.5 Å². The van der Waals surface area contributed by atoms with Crippen LogP contribution in [-0.4, -0.2) is 5.78 Å². The molecule has 0 aromatic carbocycles. The summed E-state index contributed by atoms with van der Waals surface area (Å²) in [5.74, 6) is 2.22. The zero-order valence-electron chi connectivity index (χ0n) is 9.04. The Balaban J connectivity index is 2.09. The van der Waals surface area contributed by atoms with Gasteiger partial charge in [-0.25, -0.2) is 0 Å². The molecule has 1 saturated carbocycles. The van der Waals surface area contributed by atoms with E-state index in [0.29, 0.717) is 17.6 Å². The van der Waals surface area contributed by atoms with Gasteiger partial charge >= 0.3 is 0 Å². The number of hydrogen-bond acceptors (Lipinski definition) is 1. The van der Waals surface area contributed by atoms with Crippen LogP contribution in [0.5, 0.6) is 0 Å². The molecule has 0 bridgehead atoms. The fourth-order valence-corrected chi connectivity index (χ4v) is 2.79. The first-order valence-electron chi connectivity index (χ1n) is 5.96. The first-order chi connectivity index (χ1) is 6.77. The largest absolute Gasteiger partial charge is 0.299 e. The molecule has 0 spiro atoms. The summed E-state index contributed by atoms with van der Waals surface area (Å²) in [6.45, 7) is 2.28. The highest BCUT2D eigenvalue weighted by molar-refractivity contribution is 5.81. The minimum absolute atomic E-state index is 0.368. The van der Waals surface area contributed by atoms with Gasteiger partial charge in [0.2, 0.25) is 0 Å². The summed E-state index contributed by atoms with van der Waals surface area (Å²) in [5.41, 5.74) is 0. The molecule has 1 heteroatoms. The van der Waals surface area contributed by atoms with Gasteiger partial charge in [-0.3, -0.25) is 4.79 Å². The predicted octanol–water partition coefficient (Wildman–Crippen LogP) is 3.35. The van der Waals surface area contributed by atoms with Gasteiger partial charge in [0.05, 0.1) is 0 Å². The topological polar surface area (TPSA) is 17.1 Å². The molecule has 3 atom stereocenters. The van der Waals surface area contributed by atoms with Crippen molar-refractivity contribution in [1.29, 1.82) is 0 Å². The molecular formula is C13H20O. The molecule has 14 heavy (non-hydrogen) atoms. The maximum Gasteiger partial charge on any atom is 0.136 e. The highest BCUT2D eigenvalue weighted by Gasteiger charge is 2.29. The van der Waals surface area contributed by atoms with E-state index in [9.17, 15) is 4.79 Å². The van der Waals surface area contributed by atoms with Crippen molar-refractivity contribution in [2.45, 2.75) is 45.4 Å². The summed E-state index contributed by atoms with van der Waals surface area (Å²) in [6.07, 6.45) is 11.3. The fraction of sp³-hybridized carbons (Fsp3) is 0.769. The van der Waals surface area contributed by atoms with Crippen molar-refractivity contribution >= 4 is 5.78 Å². The summed E-state index contributed by atoms with van der Waals surface area (Å²) in [7, 11) is 0. The van der Waals surface area contributed by atoms with Crippen molar-refractivity contribution in [3.8, 4) is 0 Å². The molecule has 0 radical (unpaired) electrons. The molecule has 2 rings (SSSR count). The summed E-state index contributed by atoms with van der Waals surface area (Å²) >= 11 is 0. The van der Waals surface area contributed by atoms with Crippen molar-refractivity contribution in [1.82, 2.24) is 0 Å². The lowest BCUT2D eigenvalue weighted by atomic mass is 9.74. The number of hydrogen-bond donors (Lipinski definition) is 0. The molecule has 0 aliphatic heterocycles. The molecule has 0 amide bonds. The van der Waals surface area contributed by atoms with Crippen LogP contribution in [0.3, 0.4) is 0 Å². The number of rotatable bonds is 0. The lowest BCUT2D eigenvalue weighted by Crippen LogP contribution is -2.27. The zero-order chi connectivity index (χ0) is 9.97. The Morgan fingerprint density at radius 3 is 2.93 bits per heavy atom. The van der Waals surface area contributed by atoms with Crippen LogP contribution in [0.4, 0.5) is 0 Å². The first-order valence-corrected chi connectivity index (χ1v) is 5.96. The minimum atomic E-state index is 0.368. The summed E-state index contributed by atoms with van der Waals surface area (Å²) in [5, 5.41) is 0. The average Bonchev–Trinajstić information content (AvgIpc) is 2.21. The third-order valence-electron chi connectivity index (χ3n) is 3.83. The van der Waals surface area contributed by atoms with Gasteiger partial charge in [0.25, 0.3) is 0 Å². The highest BCUT2D eigenvalue weighted by atomic mass is 16.1. The Labute approximate surface area is 86.6 Å². The van der Waals surface area contributed by atoms with Crippen LogP contribution in [0, 0.1) is 17.8 Å². The van der Waals surface area contributed by atoms with Gasteiger partial charge in [-0.1, -0.05) is 25.5 Å². The fourth-order valence-electron chi connectivity index (χ4n) is 2.79. The van der Waals surface area contributed by atoms with Crippen LogP contribution in [0.1, 0.15) is 45.4 Å². The maximum absolute atomic E-state index is 11.9. The van der Waals surface area contributed by atoms with E-state index in [2.05, 4.69) is 19.1 Å². The summed E-state index contributed by atoms with van der Waals surface area (Å²) in [4.78, 5) is 11.9. The smallest absolute Gasteiger partial charge is 0.136 e. The van der Waals surface area contributed by atoms with Gasteiger partial charge in [0, 0.05) is 12.3 Å². The van der Waals surface area contributed by atoms with Crippen LogP contribution in [-0.2, 0) is 4.79 Å². The van der Waals surface area contributed by atoms with Gasteiger partial charge < -0.3 is 0 Å². The molecule has 1 nitrogen and oxygen atoms in total. The van der Waals surface area contributed by atoms with Crippen LogP contribution >= 0.6 is 0 Å². The number of ketones is 1. The van der Waals surface area contributed by atoms with Crippen molar-refractivity contribution in [2.24, 2.45) is 17.8 Å². The molecule has 0 N–H and O–H groups in total. The molecule has 78 valence electrons. The van der Waals surface area contributed by atoms with Gasteiger partial charge in [-0.15, -0.1) is 0 Å². The Morgan fingerprint density at radius 2 is 2.07 bits per heavy atom. The van der Waals surface area contributed by atoms with E-state index >= 15 is 0 Å². The highest BCUT2D eigenvalue weighted by Crippen LogP contribution is 2.34.